The summed E-state index contributed by atoms with van der Waals surface area (Å²) in [6, 6.07) is 8.86. The summed E-state index contributed by atoms with van der Waals surface area (Å²) in [5.74, 6) is 0.750. The predicted molar refractivity (Wildman–Crippen MR) is 60.4 cm³/mol. The van der Waals surface area contributed by atoms with Gasteiger partial charge in [0.05, 0.1) is 0 Å². The van der Waals surface area contributed by atoms with Gasteiger partial charge in [-0.2, -0.15) is 0 Å². The first-order chi connectivity index (χ1) is 6.92. The third-order valence-electron chi connectivity index (χ3n) is 3.11. The van der Waals surface area contributed by atoms with Crippen molar-refractivity contribution >= 4 is 0 Å². The van der Waals surface area contributed by atoms with E-state index in [9.17, 15) is 0 Å². The van der Waals surface area contributed by atoms with Gasteiger partial charge in [-0.1, -0.05) is 44.0 Å². The average Bonchev–Trinajstić information content (AvgIpc) is 2.26. The summed E-state index contributed by atoms with van der Waals surface area (Å²) < 4.78 is 0. The molecule has 0 unspecified atom stereocenters. The second-order valence-electron chi connectivity index (χ2n) is 4.17. The van der Waals surface area contributed by atoms with Crippen LogP contribution in [-0.4, -0.2) is 6.54 Å². The molecule has 0 saturated carbocycles. The lowest BCUT2D eigenvalue weighted by atomic mass is 9.87. The third-order valence-corrected chi connectivity index (χ3v) is 3.11. The molecular weight excluding hydrogens is 170 g/mol. The molecule has 0 spiro atoms. The van der Waals surface area contributed by atoms with Crippen molar-refractivity contribution in [2.75, 3.05) is 6.54 Å². The zero-order valence-corrected chi connectivity index (χ0v) is 8.92. The van der Waals surface area contributed by atoms with Crippen molar-refractivity contribution < 1.29 is 0 Å². The molecule has 1 N–H and O–H groups in total. The smallest absolute Gasteiger partial charge is 0.0208 e. The Balaban J connectivity index is 2.14. The van der Waals surface area contributed by atoms with Crippen LogP contribution >= 0.6 is 0 Å². The van der Waals surface area contributed by atoms with Crippen LogP contribution < -0.4 is 5.32 Å². The first kappa shape index (κ1) is 9.72. The van der Waals surface area contributed by atoms with E-state index in [1.807, 2.05) is 0 Å². The van der Waals surface area contributed by atoms with Crippen LogP contribution in [-0.2, 0) is 6.54 Å². The molecule has 0 fully saturated rings. The van der Waals surface area contributed by atoms with Crippen molar-refractivity contribution in [2.45, 2.75) is 38.6 Å². The molecule has 0 radical (unpaired) electrons. The maximum atomic E-state index is 3.50. The maximum absolute atomic E-state index is 3.50. The molecule has 1 heteroatoms. The zero-order valence-electron chi connectivity index (χ0n) is 8.92. The van der Waals surface area contributed by atoms with Crippen LogP contribution in [0.3, 0.4) is 0 Å². The Kier molecular flexibility index (Phi) is 3.20. The Labute approximate surface area is 86.5 Å². The minimum atomic E-state index is 0.750. The van der Waals surface area contributed by atoms with Gasteiger partial charge in [-0.05, 0) is 23.5 Å². The van der Waals surface area contributed by atoms with Crippen molar-refractivity contribution in [3.05, 3.63) is 35.4 Å². The highest BCUT2D eigenvalue weighted by Gasteiger charge is 2.18. The van der Waals surface area contributed by atoms with E-state index in [-0.39, 0.29) is 0 Å². The lowest BCUT2D eigenvalue weighted by Gasteiger charge is -2.26. The monoisotopic (exact) mass is 189 g/mol. The van der Waals surface area contributed by atoms with Crippen molar-refractivity contribution in [3.8, 4) is 0 Å². The molecule has 76 valence electrons. The predicted octanol–water partition coefficient (Wildman–Crippen LogP) is 3.06. The molecule has 2 rings (SSSR count). The second kappa shape index (κ2) is 4.61. The summed E-state index contributed by atoms with van der Waals surface area (Å²) >= 11 is 0. The number of rotatable bonds is 3. The molecule has 1 heterocycles. The van der Waals surface area contributed by atoms with Crippen molar-refractivity contribution in [2.24, 2.45) is 0 Å². The number of unbranched alkanes of at least 4 members (excludes halogenated alkanes) is 1. The van der Waals surface area contributed by atoms with Gasteiger partial charge < -0.3 is 5.32 Å². The molecule has 0 saturated heterocycles. The van der Waals surface area contributed by atoms with Gasteiger partial charge >= 0.3 is 0 Å². The molecule has 0 aliphatic carbocycles. The number of benzene rings is 1. The molecule has 1 aromatic rings. The Morgan fingerprint density at radius 3 is 3.07 bits per heavy atom. The van der Waals surface area contributed by atoms with E-state index in [1.54, 1.807) is 5.56 Å². The first-order valence-electron chi connectivity index (χ1n) is 5.70. The van der Waals surface area contributed by atoms with Crippen LogP contribution in [0.15, 0.2) is 24.3 Å². The van der Waals surface area contributed by atoms with Gasteiger partial charge in [0.2, 0.25) is 0 Å². The highest BCUT2D eigenvalue weighted by molar-refractivity contribution is 5.32. The maximum Gasteiger partial charge on any atom is 0.0208 e. The summed E-state index contributed by atoms with van der Waals surface area (Å²) in [5, 5.41) is 3.50. The fourth-order valence-corrected chi connectivity index (χ4v) is 2.29. The van der Waals surface area contributed by atoms with Crippen LogP contribution in [0.2, 0.25) is 0 Å². The molecule has 0 aromatic heterocycles. The summed E-state index contributed by atoms with van der Waals surface area (Å²) in [6.07, 6.45) is 3.99. The van der Waals surface area contributed by atoms with E-state index < -0.39 is 0 Å². The first-order valence-corrected chi connectivity index (χ1v) is 5.70. The van der Waals surface area contributed by atoms with Gasteiger partial charge in [0.25, 0.3) is 0 Å². The van der Waals surface area contributed by atoms with Gasteiger partial charge in [-0.3, -0.25) is 0 Å². The van der Waals surface area contributed by atoms with E-state index in [1.165, 1.54) is 24.8 Å². The van der Waals surface area contributed by atoms with Gasteiger partial charge in [0, 0.05) is 13.1 Å². The quantitative estimate of drug-likeness (QED) is 0.770. The van der Waals surface area contributed by atoms with Crippen LogP contribution in [0, 0.1) is 0 Å². The molecule has 1 aliphatic rings. The minimum Gasteiger partial charge on any atom is -0.312 e. The fourth-order valence-electron chi connectivity index (χ4n) is 2.29. The van der Waals surface area contributed by atoms with Crippen molar-refractivity contribution in [1.29, 1.82) is 0 Å². The molecule has 1 atom stereocenters. The third kappa shape index (κ3) is 1.98. The van der Waals surface area contributed by atoms with Crippen LogP contribution in [0.25, 0.3) is 0 Å². The molecule has 1 aromatic carbocycles. The molecule has 14 heavy (non-hydrogen) atoms. The SMILES string of the molecule is CCCC[C@H]1CNCc2ccccc21. The van der Waals surface area contributed by atoms with Gasteiger partial charge in [0.15, 0.2) is 0 Å². The van der Waals surface area contributed by atoms with E-state index in [0.29, 0.717) is 0 Å². The van der Waals surface area contributed by atoms with Gasteiger partial charge in [0.1, 0.15) is 0 Å². The molecule has 1 aliphatic heterocycles. The number of hydrogen-bond donors (Lipinski definition) is 1. The van der Waals surface area contributed by atoms with Gasteiger partial charge in [-0.15, -0.1) is 0 Å². The van der Waals surface area contributed by atoms with Crippen molar-refractivity contribution in [3.63, 3.8) is 0 Å². The lowest BCUT2D eigenvalue weighted by molar-refractivity contribution is 0.498. The highest BCUT2D eigenvalue weighted by atomic mass is 14.9. The van der Waals surface area contributed by atoms with Crippen LogP contribution in [0.4, 0.5) is 0 Å². The van der Waals surface area contributed by atoms with E-state index in [2.05, 4.69) is 36.5 Å². The normalized spacial score (nSPS) is 20.5. The Morgan fingerprint density at radius 1 is 1.36 bits per heavy atom. The molecule has 0 amide bonds. The van der Waals surface area contributed by atoms with Crippen molar-refractivity contribution in [1.82, 2.24) is 5.32 Å². The summed E-state index contributed by atoms with van der Waals surface area (Å²) in [5.41, 5.74) is 3.08. The van der Waals surface area contributed by atoms with E-state index >= 15 is 0 Å². The average molecular weight is 189 g/mol. The van der Waals surface area contributed by atoms with E-state index in [4.69, 9.17) is 0 Å². The summed E-state index contributed by atoms with van der Waals surface area (Å²) in [6.45, 7) is 4.48. The molecule has 0 bridgehead atoms. The fraction of sp³-hybridized carbons (Fsp3) is 0.538. The Morgan fingerprint density at radius 2 is 2.21 bits per heavy atom. The molecule has 1 nitrogen and oxygen atoms in total. The zero-order chi connectivity index (χ0) is 9.80. The minimum absolute atomic E-state index is 0.750. The number of hydrogen-bond acceptors (Lipinski definition) is 1. The van der Waals surface area contributed by atoms with Crippen LogP contribution in [0.5, 0.6) is 0 Å². The Bertz CT molecular complexity index is 293. The summed E-state index contributed by atoms with van der Waals surface area (Å²) in [7, 11) is 0. The highest BCUT2D eigenvalue weighted by Crippen LogP contribution is 2.27. The Hall–Kier alpha value is -0.820. The molecular formula is C13H19N. The standard InChI is InChI=1S/C13H19N/c1-2-3-6-11-9-14-10-12-7-4-5-8-13(11)12/h4-5,7-8,11,14H,2-3,6,9-10H2,1H3/t11-/m0/s1. The van der Waals surface area contributed by atoms with Gasteiger partial charge in [-0.25, -0.2) is 0 Å². The van der Waals surface area contributed by atoms with Crippen LogP contribution in [0.1, 0.15) is 43.2 Å². The summed E-state index contributed by atoms with van der Waals surface area (Å²) in [4.78, 5) is 0. The second-order valence-corrected chi connectivity index (χ2v) is 4.17. The number of nitrogens with one attached hydrogen (secondary N) is 1. The lowest BCUT2D eigenvalue weighted by Crippen LogP contribution is -2.28. The topological polar surface area (TPSA) is 12.0 Å². The number of fused-ring (bicyclic) bond motifs is 1. The van der Waals surface area contributed by atoms with E-state index in [0.717, 1.165) is 19.0 Å². The largest absolute Gasteiger partial charge is 0.312 e.